The molecule has 1 aromatic heterocycles. The van der Waals surface area contributed by atoms with Gasteiger partial charge in [0.05, 0.1) is 24.0 Å². The quantitative estimate of drug-likeness (QED) is 0.612. The molecule has 0 atom stereocenters. The van der Waals surface area contributed by atoms with Crippen LogP contribution in [0.4, 0.5) is 0 Å². The van der Waals surface area contributed by atoms with Gasteiger partial charge in [-0.1, -0.05) is 40.2 Å². The Bertz CT molecular complexity index is 887. The summed E-state index contributed by atoms with van der Waals surface area (Å²) in [6.45, 7) is 0.768. The van der Waals surface area contributed by atoms with E-state index in [-0.39, 0.29) is 5.91 Å². The summed E-state index contributed by atoms with van der Waals surface area (Å²) in [4.78, 5) is 22.7. The molecule has 132 valence electrons. The number of para-hydroxylation sites is 1. The minimum atomic E-state index is -0.125. The van der Waals surface area contributed by atoms with Gasteiger partial charge in [0.15, 0.2) is 0 Å². The molecule has 3 rings (SSSR count). The van der Waals surface area contributed by atoms with Gasteiger partial charge >= 0.3 is 0 Å². The van der Waals surface area contributed by atoms with Crippen molar-refractivity contribution >= 4 is 21.8 Å². The third-order valence-electron chi connectivity index (χ3n) is 3.76. The van der Waals surface area contributed by atoms with Crippen molar-refractivity contribution in [1.29, 1.82) is 0 Å². The van der Waals surface area contributed by atoms with Crippen molar-refractivity contribution in [3.8, 4) is 5.75 Å². The van der Waals surface area contributed by atoms with Gasteiger partial charge in [-0.3, -0.25) is 14.8 Å². The molecule has 0 N–H and O–H groups in total. The number of hydrogen-bond donors (Lipinski definition) is 0. The molecule has 1 heterocycles. The van der Waals surface area contributed by atoms with E-state index in [1.807, 2.05) is 36.4 Å². The largest absolute Gasteiger partial charge is 0.488 e. The molecule has 6 heteroatoms. The summed E-state index contributed by atoms with van der Waals surface area (Å²) >= 11 is 3.45. The monoisotopic (exact) mass is 411 g/mol. The molecule has 0 fully saturated rings. The molecule has 2 aromatic carbocycles. The minimum Gasteiger partial charge on any atom is -0.488 e. The summed E-state index contributed by atoms with van der Waals surface area (Å²) in [5.74, 6) is 0.434. The van der Waals surface area contributed by atoms with Gasteiger partial charge in [0.25, 0.3) is 5.91 Å². The van der Waals surface area contributed by atoms with Crippen molar-refractivity contribution in [2.45, 2.75) is 13.2 Å². The molecule has 0 saturated heterocycles. The van der Waals surface area contributed by atoms with Crippen molar-refractivity contribution < 1.29 is 9.53 Å². The Hall–Kier alpha value is -2.73. The number of halogens is 1. The highest BCUT2D eigenvalue weighted by Crippen LogP contribution is 2.22. The molecule has 0 saturated carbocycles. The van der Waals surface area contributed by atoms with E-state index in [0.29, 0.717) is 24.5 Å². The summed E-state index contributed by atoms with van der Waals surface area (Å²) in [6.07, 6.45) is 4.87. The zero-order valence-corrected chi connectivity index (χ0v) is 15.9. The number of carbonyl (C=O) groups excluding carboxylic acids is 1. The lowest BCUT2D eigenvalue weighted by molar-refractivity contribution is 0.0778. The first-order valence-electron chi connectivity index (χ1n) is 8.10. The Morgan fingerprint density at radius 3 is 2.77 bits per heavy atom. The second kappa shape index (κ2) is 8.58. The summed E-state index contributed by atoms with van der Waals surface area (Å²) in [5.41, 5.74) is 2.28. The number of hydrogen-bond acceptors (Lipinski definition) is 4. The summed E-state index contributed by atoms with van der Waals surface area (Å²) < 4.78 is 6.90. The van der Waals surface area contributed by atoms with Gasteiger partial charge in [-0.25, -0.2) is 0 Å². The fraction of sp³-hybridized carbons (Fsp3) is 0.150. The molecule has 1 amide bonds. The van der Waals surface area contributed by atoms with E-state index < -0.39 is 0 Å². The van der Waals surface area contributed by atoms with E-state index >= 15 is 0 Å². The predicted molar refractivity (Wildman–Crippen MR) is 103 cm³/mol. The topological polar surface area (TPSA) is 55.3 Å². The van der Waals surface area contributed by atoms with Gasteiger partial charge < -0.3 is 9.64 Å². The van der Waals surface area contributed by atoms with Crippen LogP contribution < -0.4 is 4.74 Å². The smallest absolute Gasteiger partial charge is 0.257 e. The van der Waals surface area contributed by atoms with Crippen LogP contribution in [0.3, 0.4) is 0 Å². The molecule has 0 aliphatic carbocycles. The maximum Gasteiger partial charge on any atom is 0.257 e. The Balaban J connectivity index is 1.72. The van der Waals surface area contributed by atoms with Crippen molar-refractivity contribution in [1.82, 2.24) is 14.9 Å². The third kappa shape index (κ3) is 4.67. The van der Waals surface area contributed by atoms with Crippen LogP contribution >= 0.6 is 15.9 Å². The molecule has 0 aliphatic heterocycles. The van der Waals surface area contributed by atoms with Gasteiger partial charge in [-0.05, 0) is 29.8 Å². The Morgan fingerprint density at radius 1 is 1.15 bits per heavy atom. The highest BCUT2D eigenvalue weighted by atomic mass is 79.9. The number of carbonyl (C=O) groups is 1. The van der Waals surface area contributed by atoms with Gasteiger partial charge in [0.1, 0.15) is 12.4 Å². The normalized spacial score (nSPS) is 10.4. The van der Waals surface area contributed by atoms with Gasteiger partial charge in [0, 0.05) is 23.9 Å². The molecule has 0 aliphatic rings. The number of ether oxygens (including phenoxy) is 1. The summed E-state index contributed by atoms with van der Waals surface area (Å²) in [6, 6.07) is 15.1. The van der Waals surface area contributed by atoms with E-state index in [4.69, 9.17) is 4.74 Å². The second-order valence-corrected chi connectivity index (χ2v) is 6.69. The Morgan fingerprint density at radius 2 is 2.00 bits per heavy atom. The SMILES string of the molecule is CN(Cc1cnccn1)C(=O)c1ccccc1OCc1cccc(Br)c1. The van der Waals surface area contributed by atoms with E-state index in [1.54, 1.807) is 42.7 Å². The molecule has 5 nitrogen and oxygen atoms in total. The van der Waals surface area contributed by atoms with Crippen molar-refractivity contribution in [3.05, 3.63) is 88.4 Å². The van der Waals surface area contributed by atoms with Crippen LogP contribution in [0.5, 0.6) is 5.75 Å². The number of nitrogens with zero attached hydrogens (tertiary/aromatic N) is 3. The summed E-state index contributed by atoms with van der Waals surface area (Å²) in [5, 5.41) is 0. The summed E-state index contributed by atoms with van der Waals surface area (Å²) in [7, 11) is 1.74. The second-order valence-electron chi connectivity index (χ2n) is 5.77. The average molecular weight is 412 g/mol. The first-order valence-corrected chi connectivity index (χ1v) is 8.89. The lowest BCUT2D eigenvalue weighted by atomic mass is 10.1. The molecular formula is C20H18BrN3O2. The number of rotatable bonds is 6. The van der Waals surface area contributed by atoms with Gasteiger partial charge in [0.2, 0.25) is 0 Å². The van der Waals surface area contributed by atoms with Gasteiger partial charge in [-0.15, -0.1) is 0 Å². The zero-order chi connectivity index (χ0) is 18.4. The first kappa shape index (κ1) is 18.1. The lowest BCUT2D eigenvalue weighted by Crippen LogP contribution is -2.27. The van der Waals surface area contributed by atoms with Crippen LogP contribution in [0.2, 0.25) is 0 Å². The predicted octanol–water partition coefficient (Wildman–Crippen LogP) is 4.09. The van der Waals surface area contributed by atoms with E-state index in [1.165, 1.54) is 0 Å². The maximum absolute atomic E-state index is 12.8. The van der Waals surface area contributed by atoms with Crippen LogP contribution in [0.25, 0.3) is 0 Å². The Kier molecular flexibility index (Phi) is 5.96. The Labute approximate surface area is 160 Å². The van der Waals surface area contributed by atoms with Crippen LogP contribution in [0.1, 0.15) is 21.6 Å². The third-order valence-corrected chi connectivity index (χ3v) is 4.26. The fourth-order valence-corrected chi connectivity index (χ4v) is 2.94. The van der Waals surface area contributed by atoms with Crippen molar-refractivity contribution in [2.75, 3.05) is 7.05 Å². The number of amides is 1. The molecule has 0 bridgehead atoms. The lowest BCUT2D eigenvalue weighted by Gasteiger charge is -2.18. The highest BCUT2D eigenvalue weighted by Gasteiger charge is 2.17. The number of benzene rings is 2. The van der Waals surface area contributed by atoms with Crippen molar-refractivity contribution in [2.24, 2.45) is 0 Å². The van der Waals surface area contributed by atoms with Crippen LogP contribution in [0, 0.1) is 0 Å². The van der Waals surface area contributed by atoms with E-state index in [9.17, 15) is 4.79 Å². The molecule has 3 aromatic rings. The van der Waals surface area contributed by atoms with Crippen LogP contribution in [-0.4, -0.2) is 27.8 Å². The van der Waals surface area contributed by atoms with E-state index in [0.717, 1.165) is 15.7 Å². The molecule has 26 heavy (non-hydrogen) atoms. The van der Waals surface area contributed by atoms with E-state index in [2.05, 4.69) is 25.9 Å². The zero-order valence-electron chi connectivity index (χ0n) is 14.3. The highest BCUT2D eigenvalue weighted by molar-refractivity contribution is 9.10. The van der Waals surface area contributed by atoms with Crippen LogP contribution in [0.15, 0.2) is 71.6 Å². The maximum atomic E-state index is 12.8. The number of aromatic nitrogens is 2. The molecule has 0 spiro atoms. The molecule has 0 radical (unpaired) electrons. The average Bonchev–Trinajstić information content (AvgIpc) is 2.67. The molecule has 0 unspecified atom stereocenters. The van der Waals surface area contributed by atoms with Crippen LogP contribution in [-0.2, 0) is 13.2 Å². The molecular weight excluding hydrogens is 394 g/mol. The standard InChI is InChI=1S/C20H18BrN3O2/c1-24(13-17-12-22-9-10-23-17)20(25)18-7-2-3-8-19(18)26-14-15-5-4-6-16(21)11-15/h2-12H,13-14H2,1H3. The fourth-order valence-electron chi connectivity index (χ4n) is 2.49. The first-order chi connectivity index (χ1) is 12.6. The van der Waals surface area contributed by atoms with Crippen molar-refractivity contribution in [3.63, 3.8) is 0 Å². The minimum absolute atomic E-state index is 0.125. The van der Waals surface area contributed by atoms with Gasteiger partial charge in [-0.2, -0.15) is 0 Å².